The number of hydrogen-bond acceptors (Lipinski definition) is 2. The van der Waals surface area contributed by atoms with Gasteiger partial charge in [0, 0.05) is 19.5 Å². The predicted molar refractivity (Wildman–Crippen MR) is 137 cm³/mol. The Balaban J connectivity index is 0.00000121. The second kappa shape index (κ2) is 10.8. The third kappa shape index (κ3) is 4.74. The van der Waals surface area contributed by atoms with Crippen molar-refractivity contribution in [3.05, 3.63) is 93.7 Å². The quantitative estimate of drug-likeness (QED) is 0.277. The van der Waals surface area contributed by atoms with E-state index in [1.807, 2.05) is 22.7 Å². The third-order valence-corrected chi connectivity index (χ3v) is 8.02. The molecule has 0 N–H and O–H groups in total. The average molecular weight is 473 g/mol. The summed E-state index contributed by atoms with van der Waals surface area (Å²) in [4.78, 5) is 5.64. The molecule has 0 unspecified atom stereocenters. The van der Waals surface area contributed by atoms with Crippen LogP contribution in [0.4, 0.5) is 14.1 Å². The molecular formula is C27H27F3S2. The van der Waals surface area contributed by atoms with Gasteiger partial charge in [0.2, 0.25) is 0 Å². The van der Waals surface area contributed by atoms with Crippen LogP contribution in [0.5, 0.6) is 0 Å². The Morgan fingerprint density at radius 1 is 0.562 bits per heavy atom. The van der Waals surface area contributed by atoms with Crippen molar-refractivity contribution >= 4 is 33.8 Å². The molecule has 0 nitrogen and oxygen atoms in total. The monoisotopic (exact) mass is 472 g/mol. The van der Waals surface area contributed by atoms with Crippen LogP contribution >= 0.6 is 22.7 Å². The third-order valence-electron chi connectivity index (χ3n) is 5.82. The smallest absolute Gasteiger partial charge is 0.0351 e. The zero-order valence-corrected chi connectivity index (χ0v) is 19.7. The molecule has 2 aromatic carbocycles. The molecule has 2 heterocycles. The number of aryl methyl sites for hydroxylation is 2. The van der Waals surface area contributed by atoms with E-state index in [9.17, 15) is 0 Å². The van der Waals surface area contributed by atoms with Crippen molar-refractivity contribution in [1.29, 1.82) is 0 Å². The molecule has 32 heavy (non-hydrogen) atoms. The minimum atomic E-state index is 0. The van der Waals surface area contributed by atoms with E-state index in [-0.39, 0.29) is 14.1 Å². The first-order valence-electron chi connectivity index (χ1n) is 10.2. The van der Waals surface area contributed by atoms with Crippen molar-refractivity contribution in [3.8, 4) is 20.9 Å². The number of benzene rings is 2. The molecule has 0 saturated carbocycles. The number of thiophene rings is 2. The van der Waals surface area contributed by atoms with Crippen molar-refractivity contribution < 1.29 is 14.1 Å². The molecule has 0 bridgehead atoms. The van der Waals surface area contributed by atoms with E-state index in [2.05, 4.69) is 86.6 Å². The van der Waals surface area contributed by atoms with E-state index < -0.39 is 0 Å². The van der Waals surface area contributed by atoms with Gasteiger partial charge in [0.1, 0.15) is 0 Å². The van der Waals surface area contributed by atoms with E-state index in [0.717, 1.165) is 0 Å². The average Bonchev–Trinajstić information content (AvgIpc) is 3.47. The van der Waals surface area contributed by atoms with Gasteiger partial charge in [-0.15, -0.1) is 22.7 Å². The van der Waals surface area contributed by atoms with Crippen LogP contribution in [0.25, 0.3) is 32.0 Å². The molecule has 0 fully saturated rings. The summed E-state index contributed by atoms with van der Waals surface area (Å²) in [5.74, 6) is 0. The minimum absolute atomic E-state index is 0. The lowest BCUT2D eigenvalue weighted by Gasteiger charge is -2.07. The van der Waals surface area contributed by atoms with E-state index in [1.165, 1.54) is 61.0 Å². The maximum atomic E-state index is 2.43. The molecule has 168 valence electrons. The van der Waals surface area contributed by atoms with E-state index >= 15 is 0 Å². The van der Waals surface area contributed by atoms with Crippen LogP contribution in [0, 0.1) is 13.8 Å². The van der Waals surface area contributed by atoms with Gasteiger partial charge in [0.15, 0.2) is 0 Å². The SMILES string of the molecule is Cc1sc(-c2ccccc2)cc1C1=C(c2cc(-c3ccccc3)sc2C)CCC1.F.F.F. The van der Waals surface area contributed by atoms with Crippen LogP contribution in [0.1, 0.15) is 40.1 Å². The van der Waals surface area contributed by atoms with Crippen LogP contribution < -0.4 is 0 Å². The van der Waals surface area contributed by atoms with Crippen LogP contribution in [0.15, 0.2) is 72.8 Å². The maximum absolute atomic E-state index is 2.43. The Bertz CT molecular complexity index is 1090. The van der Waals surface area contributed by atoms with Crippen molar-refractivity contribution in [2.75, 3.05) is 0 Å². The highest BCUT2D eigenvalue weighted by Crippen LogP contribution is 2.47. The summed E-state index contributed by atoms with van der Waals surface area (Å²) < 4.78 is 0. The van der Waals surface area contributed by atoms with Gasteiger partial charge in [-0.2, -0.15) is 0 Å². The topological polar surface area (TPSA) is 0 Å². The standard InChI is InChI=1S/C27H24S2.3FH/c1-18-24(16-26(28-18)20-10-5-3-6-11-20)22-14-9-15-23(22)25-17-27(29-19(25)2)21-12-7-4-8-13-21;;;/h3-8,10-13,16-17H,9,14-15H2,1-2H3;3*1H. The molecule has 5 rings (SSSR count). The minimum Gasteiger partial charge on any atom is -0.269 e. The lowest BCUT2D eigenvalue weighted by molar-refractivity contribution is 0.941. The zero-order chi connectivity index (χ0) is 19.8. The molecule has 5 heteroatoms. The van der Waals surface area contributed by atoms with Crippen molar-refractivity contribution in [1.82, 2.24) is 0 Å². The number of rotatable bonds is 4. The first-order valence-corrected chi connectivity index (χ1v) is 11.9. The number of allylic oxidation sites excluding steroid dienone is 2. The summed E-state index contributed by atoms with van der Waals surface area (Å²) in [6, 6.07) is 26.4. The molecule has 4 aromatic rings. The van der Waals surface area contributed by atoms with Crippen molar-refractivity contribution in [3.63, 3.8) is 0 Å². The highest BCUT2D eigenvalue weighted by molar-refractivity contribution is 7.16. The van der Waals surface area contributed by atoms with Gasteiger partial charge in [-0.05, 0) is 78.6 Å². The molecular weight excluding hydrogens is 445 g/mol. The van der Waals surface area contributed by atoms with E-state index in [4.69, 9.17) is 0 Å². The Kier molecular flexibility index (Phi) is 8.65. The van der Waals surface area contributed by atoms with E-state index in [0.29, 0.717) is 0 Å². The number of hydrogen-bond donors (Lipinski definition) is 0. The molecule has 0 saturated heterocycles. The van der Waals surface area contributed by atoms with Crippen LogP contribution in [0.2, 0.25) is 0 Å². The van der Waals surface area contributed by atoms with E-state index in [1.54, 1.807) is 11.1 Å². The highest BCUT2D eigenvalue weighted by atomic mass is 32.1. The van der Waals surface area contributed by atoms with Gasteiger partial charge >= 0.3 is 0 Å². The Morgan fingerprint density at radius 2 is 0.938 bits per heavy atom. The number of halogens is 3. The summed E-state index contributed by atoms with van der Waals surface area (Å²) in [6.45, 7) is 4.57. The molecule has 0 atom stereocenters. The van der Waals surface area contributed by atoms with Crippen molar-refractivity contribution in [2.24, 2.45) is 0 Å². The zero-order valence-electron chi connectivity index (χ0n) is 18.1. The second-order valence-corrected chi connectivity index (χ2v) is 10.2. The lowest BCUT2D eigenvalue weighted by atomic mass is 9.96. The maximum Gasteiger partial charge on any atom is 0.0351 e. The normalized spacial score (nSPS) is 12.7. The van der Waals surface area contributed by atoms with Gasteiger partial charge in [-0.25, -0.2) is 0 Å². The molecule has 1 aliphatic rings. The fourth-order valence-corrected chi connectivity index (χ4v) is 6.50. The van der Waals surface area contributed by atoms with Gasteiger partial charge in [-0.1, -0.05) is 60.7 Å². The summed E-state index contributed by atoms with van der Waals surface area (Å²) in [7, 11) is 0. The molecule has 1 aliphatic carbocycles. The van der Waals surface area contributed by atoms with Crippen LogP contribution in [-0.2, 0) is 0 Å². The van der Waals surface area contributed by atoms with Gasteiger partial charge in [0.05, 0.1) is 0 Å². The molecule has 0 aliphatic heterocycles. The summed E-state index contributed by atoms with van der Waals surface area (Å²) >= 11 is 3.85. The van der Waals surface area contributed by atoms with Gasteiger partial charge in [0.25, 0.3) is 0 Å². The second-order valence-electron chi connectivity index (χ2n) is 7.70. The van der Waals surface area contributed by atoms with Gasteiger partial charge in [-0.3, -0.25) is 14.1 Å². The fourth-order valence-electron chi connectivity index (χ4n) is 4.39. The molecule has 2 aromatic heterocycles. The highest BCUT2D eigenvalue weighted by Gasteiger charge is 2.23. The Morgan fingerprint density at radius 3 is 1.31 bits per heavy atom. The largest absolute Gasteiger partial charge is 0.269 e. The summed E-state index contributed by atoms with van der Waals surface area (Å²) in [5.41, 5.74) is 8.72. The molecule has 0 amide bonds. The Hall–Kier alpha value is -2.63. The predicted octanol–water partition coefficient (Wildman–Crippen LogP) is 9.31. The molecule has 0 radical (unpaired) electrons. The van der Waals surface area contributed by atoms with Crippen molar-refractivity contribution in [2.45, 2.75) is 33.1 Å². The summed E-state index contributed by atoms with van der Waals surface area (Å²) in [6.07, 6.45) is 3.64. The Labute approximate surface area is 195 Å². The molecule has 0 spiro atoms. The first-order chi connectivity index (χ1) is 14.2. The van der Waals surface area contributed by atoms with Crippen LogP contribution in [0.3, 0.4) is 0 Å². The van der Waals surface area contributed by atoms with Gasteiger partial charge < -0.3 is 0 Å². The lowest BCUT2D eigenvalue weighted by Crippen LogP contribution is -1.86. The van der Waals surface area contributed by atoms with Crippen LogP contribution in [-0.4, -0.2) is 0 Å². The fraction of sp³-hybridized carbons (Fsp3) is 0.185. The first kappa shape index (κ1) is 25.6. The summed E-state index contributed by atoms with van der Waals surface area (Å²) in [5, 5.41) is 0.